The molecule has 2 aromatic rings. The van der Waals surface area contributed by atoms with Crippen LogP contribution in [-0.2, 0) is 33.7 Å². The minimum absolute atomic E-state index is 0.0166. The number of ether oxygens (including phenoxy) is 2. The number of amides is 1. The molecule has 1 aromatic heterocycles. The number of benzene rings is 1. The average molecular weight is 879 g/mol. The van der Waals surface area contributed by atoms with Gasteiger partial charge in [0.2, 0.25) is 5.91 Å². The third-order valence-electron chi connectivity index (χ3n) is 14.2. The molecular weight excluding hydrogens is 809 g/mol. The highest BCUT2D eigenvalue weighted by Gasteiger charge is 2.57. The number of pyridine rings is 1. The molecule has 4 fully saturated rings. The highest BCUT2D eigenvalue weighted by molar-refractivity contribution is 8.77. The minimum atomic E-state index is -0.572. The summed E-state index contributed by atoms with van der Waals surface area (Å²) in [4.78, 5) is 37.3. The first-order valence-corrected chi connectivity index (χ1v) is 25.5. The standard InChI is InChI=1S/C47H70N6O6S2/c1-33(54)58-39-15-14-34-25-36(43(57)40(26-34)59-38-12-5-6-13-38)31-53-32-45(30-42(53)56,29-35-16-22-50-41(48)27-35)21-23-51-44(49)52-47(20-10-19-46(47)17-7-8-18-46)61-60-24-9-3-2-4-11-37(55)28-39/h16,22,25-27,37-39,55,57H,2-15,17-21,23-24,28-32H2,1H3,(H2,48,50)(H3,49,51,52)/t37-,39+,45+,47+/m0/s1. The van der Waals surface area contributed by atoms with E-state index in [0.717, 1.165) is 74.7 Å². The summed E-state index contributed by atoms with van der Waals surface area (Å²) < 4.78 is 12.2. The molecular formula is C47H70N6O6S2. The molecule has 1 amide bonds. The third kappa shape index (κ3) is 11.8. The van der Waals surface area contributed by atoms with E-state index in [1.165, 1.54) is 45.4 Å². The summed E-state index contributed by atoms with van der Waals surface area (Å²) in [5.74, 6) is 2.12. The smallest absolute Gasteiger partial charge is 0.302 e. The number of phenols is 1. The number of aryl methyl sites for hydroxylation is 1. The monoisotopic (exact) mass is 878 g/mol. The van der Waals surface area contributed by atoms with Crippen LogP contribution in [0.5, 0.6) is 11.5 Å². The minimum Gasteiger partial charge on any atom is -0.504 e. The van der Waals surface area contributed by atoms with Gasteiger partial charge in [0.05, 0.1) is 12.2 Å². The SMILES string of the molecule is CC(=O)O[C@@H]1CCc2cc(c(O)c(OC3CCCC3)c2)CN2C[C@@](Cc3ccnc(N)c3)(CCN=C(N)N[C@]3(CCCC34CCCC4)SSCCCCCC[C@H](O)C1)CC2=O. The molecule has 4 atom stereocenters. The zero-order valence-corrected chi connectivity index (χ0v) is 38.0. The van der Waals surface area contributed by atoms with E-state index in [4.69, 9.17) is 25.9 Å². The Morgan fingerprint density at radius 3 is 2.51 bits per heavy atom. The molecule has 14 heteroatoms. The van der Waals surface area contributed by atoms with Crippen LogP contribution in [0.25, 0.3) is 0 Å². The third-order valence-corrected chi connectivity index (χ3v) is 17.5. The number of nitrogen functional groups attached to an aromatic ring is 1. The molecule has 2 spiro atoms. The number of phenolic OH excluding ortho intramolecular Hbond substituents is 1. The Morgan fingerprint density at radius 2 is 1.72 bits per heavy atom. The maximum atomic E-state index is 14.2. The second-order valence-corrected chi connectivity index (χ2v) is 21.6. The fourth-order valence-electron chi connectivity index (χ4n) is 11.1. The lowest BCUT2D eigenvalue weighted by molar-refractivity contribution is -0.148. The summed E-state index contributed by atoms with van der Waals surface area (Å²) in [7, 11) is 3.94. The lowest BCUT2D eigenvalue weighted by Crippen LogP contribution is -2.55. The molecule has 336 valence electrons. The summed E-state index contributed by atoms with van der Waals surface area (Å²) in [6.07, 6.45) is 21.0. The number of aromatic nitrogens is 1. The predicted molar refractivity (Wildman–Crippen MR) is 245 cm³/mol. The molecule has 7 N–H and O–H groups in total. The number of rotatable bonds is 5. The molecule has 0 unspecified atom stereocenters. The fraction of sp³-hybridized carbons (Fsp3) is 0.702. The van der Waals surface area contributed by atoms with Gasteiger partial charge in [-0.1, -0.05) is 59.8 Å². The highest BCUT2D eigenvalue weighted by atomic mass is 33.1. The van der Waals surface area contributed by atoms with Crippen molar-refractivity contribution in [3.05, 3.63) is 47.2 Å². The van der Waals surface area contributed by atoms with Crippen LogP contribution in [0.4, 0.5) is 5.82 Å². The maximum Gasteiger partial charge on any atom is 0.302 e. The number of carbonyl (C=O) groups is 2. The van der Waals surface area contributed by atoms with Crippen LogP contribution in [0, 0.1) is 10.8 Å². The number of nitrogens with one attached hydrogen (secondary N) is 1. The lowest BCUT2D eigenvalue weighted by Gasteiger charge is -2.44. The molecule has 4 bridgehead atoms. The van der Waals surface area contributed by atoms with Gasteiger partial charge in [0, 0.05) is 67.7 Å². The van der Waals surface area contributed by atoms with Crippen LogP contribution in [0.3, 0.4) is 0 Å². The Morgan fingerprint density at radius 1 is 0.951 bits per heavy atom. The van der Waals surface area contributed by atoms with Crippen LogP contribution < -0.4 is 21.5 Å². The van der Waals surface area contributed by atoms with E-state index in [2.05, 4.69) is 10.3 Å². The highest BCUT2D eigenvalue weighted by Crippen LogP contribution is 2.63. The predicted octanol–water partition coefficient (Wildman–Crippen LogP) is 8.35. The number of carbonyl (C=O) groups excluding carboxylic acids is 2. The number of aliphatic imine (C=N–C) groups is 1. The van der Waals surface area contributed by atoms with Crippen molar-refractivity contribution in [1.29, 1.82) is 0 Å². The van der Waals surface area contributed by atoms with Crippen LogP contribution in [0.1, 0.15) is 152 Å². The largest absolute Gasteiger partial charge is 0.504 e. The van der Waals surface area contributed by atoms with Gasteiger partial charge in [-0.2, -0.15) is 0 Å². The number of nitrogens with zero attached hydrogens (tertiary/aromatic N) is 3. The Labute approximate surface area is 370 Å². The van der Waals surface area contributed by atoms with Gasteiger partial charge in [0.1, 0.15) is 16.8 Å². The number of hydrogen-bond acceptors (Lipinski definition) is 13. The van der Waals surface area contributed by atoms with Crippen LogP contribution in [0.15, 0.2) is 35.5 Å². The molecule has 7 rings (SSSR count). The van der Waals surface area contributed by atoms with E-state index in [1.807, 2.05) is 50.8 Å². The molecule has 2 aliphatic heterocycles. The number of aliphatic hydroxyl groups is 1. The van der Waals surface area contributed by atoms with Crippen molar-refractivity contribution >= 4 is 45.2 Å². The fourth-order valence-corrected chi connectivity index (χ4v) is 14.7. The Hall–Kier alpha value is -3.36. The Kier molecular flexibility index (Phi) is 15.6. The van der Waals surface area contributed by atoms with E-state index in [-0.39, 0.29) is 40.6 Å². The molecule has 3 saturated carbocycles. The number of fused-ring (bicyclic) bond motifs is 5. The van der Waals surface area contributed by atoms with Gasteiger partial charge in [-0.15, -0.1) is 0 Å². The maximum absolute atomic E-state index is 14.2. The van der Waals surface area contributed by atoms with Gasteiger partial charge >= 0.3 is 5.97 Å². The van der Waals surface area contributed by atoms with Crippen molar-refractivity contribution in [2.45, 2.75) is 178 Å². The average Bonchev–Trinajstić information content (AvgIpc) is 4.03. The van der Waals surface area contributed by atoms with Crippen molar-refractivity contribution in [3.63, 3.8) is 0 Å². The number of aliphatic hydroxyl groups excluding tert-OH is 1. The molecule has 61 heavy (non-hydrogen) atoms. The van der Waals surface area contributed by atoms with Gasteiger partial charge < -0.3 is 41.4 Å². The van der Waals surface area contributed by atoms with Crippen molar-refractivity contribution in [2.75, 3.05) is 24.6 Å². The van der Waals surface area contributed by atoms with Crippen molar-refractivity contribution < 1.29 is 29.3 Å². The molecule has 12 nitrogen and oxygen atoms in total. The second-order valence-electron chi connectivity index (χ2n) is 18.9. The first-order chi connectivity index (χ1) is 29.4. The van der Waals surface area contributed by atoms with Gasteiger partial charge in [0.25, 0.3) is 0 Å². The summed E-state index contributed by atoms with van der Waals surface area (Å²) in [6, 6.07) is 7.72. The zero-order valence-electron chi connectivity index (χ0n) is 36.3. The summed E-state index contributed by atoms with van der Waals surface area (Å²) >= 11 is 0. The van der Waals surface area contributed by atoms with Crippen LogP contribution in [-0.4, -0.2) is 80.0 Å². The number of nitrogens with two attached hydrogens (primary N) is 2. The van der Waals surface area contributed by atoms with E-state index >= 15 is 0 Å². The lowest BCUT2D eigenvalue weighted by atomic mass is 9.78. The van der Waals surface area contributed by atoms with E-state index in [0.29, 0.717) is 81.1 Å². The second kappa shape index (κ2) is 20.9. The van der Waals surface area contributed by atoms with Gasteiger partial charge in [-0.25, -0.2) is 4.98 Å². The quantitative estimate of drug-likeness (QED) is 0.143. The van der Waals surface area contributed by atoms with Gasteiger partial charge in [-0.3, -0.25) is 14.6 Å². The zero-order chi connectivity index (χ0) is 42.9. The first-order valence-electron chi connectivity index (χ1n) is 23.2. The first kappa shape index (κ1) is 45.7. The number of esters is 1. The van der Waals surface area contributed by atoms with E-state index < -0.39 is 17.6 Å². The molecule has 5 aliphatic rings. The van der Waals surface area contributed by atoms with Gasteiger partial charge in [0.15, 0.2) is 17.5 Å². The summed E-state index contributed by atoms with van der Waals surface area (Å²) in [5.41, 5.74) is 15.3. The van der Waals surface area contributed by atoms with Gasteiger partial charge in [-0.05, 0) is 126 Å². The number of anilines is 1. The number of aromatic hydroxyl groups is 1. The molecule has 3 aliphatic carbocycles. The number of hydrogen-bond donors (Lipinski definition) is 5. The summed E-state index contributed by atoms with van der Waals surface area (Å²) in [6.45, 7) is 2.59. The van der Waals surface area contributed by atoms with E-state index in [1.54, 1.807) is 6.20 Å². The molecule has 1 aromatic carbocycles. The summed E-state index contributed by atoms with van der Waals surface area (Å²) in [5, 5.41) is 26.7. The molecule has 3 heterocycles. The van der Waals surface area contributed by atoms with Crippen LogP contribution >= 0.6 is 21.6 Å². The number of guanidine groups is 1. The Balaban J connectivity index is 1.18. The Bertz CT molecular complexity index is 1830. The van der Waals surface area contributed by atoms with Crippen molar-refractivity contribution in [3.8, 4) is 11.5 Å². The molecule has 0 radical (unpaired) electrons. The van der Waals surface area contributed by atoms with E-state index in [9.17, 15) is 19.8 Å². The normalized spacial score (nSPS) is 28.8. The van der Waals surface area contributed by atoms with Crippen molar-refractivity contribution in [2.24, 2.45) is 21.6 Å². The molecule has 1 saturated heterocycles. The van der Waals surface area contributed by atoms with Crippen LogP contribution in [0.2, 0.25) is 0 Å². The van der Waals surface area contributed by atoms with Crippen molar-refractivity contribution in [1.82, 2.24) is 15.2 Å². The topological polar surface area (TPSA) is 186 Å².